The van der Waals surface area contributed by atoms with Gasteiger partial charge in [0.25, 0.3) is 0 Å². The Kier molecular flexibility index (Phi) is 5.93. The number of ether oxygens (including phenoxy) is 1. The van der Waals surface area contributed by atoms with E-state index >= 15 is 0 Å². The third-order valence-corrected chi connectivity index (χ3v) is 5.47. The highest BCUT2D eigenvalue weighted by Gasteiger charge is 2.31. The number of pyridine rings is 1. The van der Waals surface area contributed by atoms with E-state index in [1.54, 1.807) is 0 Å². The molecule has 3 nitrogen and oxygen atoms in total. The number of allylic oxidation sites excluding steroid dienone is 4. The fourth-order valence-corrected chi connectivity index (χ4v) is 3.71. The van der Waals surface area contributed by atoms with Gasteiger partial charge >= 0.3 is 0 Å². The van der Waals surface area contributed by atoms with Gasteiger partial charge in [-0.25, -0.2) is 0 Å². The summed E-state index contributed by atoms with van der Waals surface area (Å²) in [5.41, 5.74) is 4.67. The van der Waals surface area contributed by atoms with E-state index in [0.29, 0.717) is 11.2 Å². The summed E-state index contributed by atoms with van der Waals surface area (Å²) in [6, 6.07) is 7.67. The SMILES string of the molecule is CC(C)=CCC/C(C)=C/CC[C@@]1(C)C=Cc2c(c3ccccc3[n+]([O-])c2C)O1. The highest BCUT2D eigenvalue weighted by molar-refractivity contribution is 5.87. The van der Waals surface area contributed by atoms with Crippen molar-refractivity contribution < 1.29 is 9.47 Å². The van der Waals surface area contributed by atoms with Crippen LogP contribution < -0.4 is 9.47 Å². The Labute approximate surface area is 168 Å². The lowest BCUT2D eigenvalue weighted by Gasteiger charge is -2.32. The van der Waals surface area contributed by atoms with E-state index in [2.05, 4.69) is 52.0 Å². The molecule has 0 N–H and O–H groups in total. The molecule has 1 aliphatic heterocycles. The van der Waals surface area contributed by atoms with Crippen molar-refractivity contribution >= 4 is 17.0 Å². The number of hydrogen-bond acceptors (Lipinski definition) is 2. The summed E-state index contributed by atoms with van der Waals surface area (Å²) in [6.45, 7) is 10.5. The van der Waals surface area contributed by atoms with Gasteiger partial charge in [-0.3, -0.25) is 0 Å². The number of nitrogens with zero attached hydrogens (tertiary/aromatic N) is 1. The molecule has 1 aromatic heterocycles. The molecule has 148 valence electrons. The molecule has 2 aromatic rings. The van der Waals surface area contributed by atoms with Crippen LogP contribution >= 0.6 is 0 Å². The van der Waals surface area contributed by atoms with Crippen LogP contribution in [-0.2, 0) is 0 Å². The van der Waals surface area contributed by atoms with Gasteiger partial charge < -0.3 is 9.94 Å². The Morgan fingerprint density at radius 2 is 1.89 bits per heavy atom. The topological polar surface area (TPSA) is 36.2 Å². The molecule has 0 saturated heterocycles. The summed E-state index contributed by atoms with van der Waals surface area (Å²) in [6.07, 6.45) is 12.9. The molecule has 3 rings (SSSR count). The number of fused-ring (bicyclic) bond motifs is 3. The van der Waals surface area contributed by atoms with E-state index < -0.39 is 0 Å². The highest BCUT2D eigenvalue weighted by atomic mass is 16.5. The molecule has 0 saturated carbocycles. The largest absolute Gasteiger partial charge is 0.618 e. The lowest BCUT2D eigenvalue weighted by atomic mass is 9.93. The molecule has 0 radical (unpaired) electrons. The second kappa shape index (κ2) is 8.22. The maximum atomic E-state index is 12.6. The van der Waals surface area contributed by atoms with Gasteiger partial charge in [-0.2, -0.15) is 4.73 Å². The van der Waals surface area contributed by atoms with Crippen LogP contribution in [0.15, 0.2) is 53.6 Å². The van der Waals surface area contributed by atoms with Crippen molar-refractivity contribution in [1.29, 1.82) is 0 Å². The van der Waals surface area contributed by atoms with Crippen LogP contribution in [0.5, 0.6) is 5.75 Å². The van der Waals surface area contributed by atoms with Gasteiger partial charge in [-0.05, 0) is 71.6 Å². The van der Waals surface area contributed by atoms with Gasteiger partial charge in [-0.15, -0.1) is 0 Å². The molecule has 0 spiro atoms. The molecular weight excluding hydrogens is 346 g/mol. The summed E-state index contributed by atoms with van der Waals surface area (Å²) in [5.74, 6) is 0.828. The Morgan fingerprint density at radius 1 is 1.14 bits per heavy atom. The average Bonchev–Trinajstić information content (AvgIpc) is 2.65. The van der Waals surface area contributed by atoms with E-state index in [9.17, 15) is 5.21 Å². The molecule has 3 heteroatoms. The molecule has 0 unspecified atom stereocenters. The predicted molar refractivity (Wildman–Crippen MR) is 117 cm³/mol. The molecule has 2 heterocycles. The van der Waals surface area contributed by atoms with E-state index in [4.69, 9.17) is 4.74 Å². The van der Waals surface area contributed by atoms with Crippen LogP contribution in [0.1, 0.15) is 64.6 Å². The summed E-state index contributed by atoms with van der Waals surface area (Å²) >= 11 is 0. The van der Waals surface area contributed by atoms with Gasteiger partial charge in [0.2, 0.25) is 11.2 Å². The minimum absolute atomic E-state index is 0.367. The minimum atomic E-state index is -0.367. The Balaban J connectivity index is 1.77. The van der Waals surface area contributed by atoms with Gasteiger partial charge in [0, 0.05) is 13.0 Å². The van der Waals surface area contributed by atoms with Crippen molar-refractivity contribution in [2.45, 2.75) is 65.9 Å². The maximum Gasteiger partial charge on any atom is 0.227 e. The van der Waals surface area contributed by atoms with E-state index in [0.717, 1.165) is 47.1 Å². The van der Waals surface area contributed by atoms with Gasteiger partial charge in [0.1, 0.15) is 11.4 Å². The number of aromatic nitrogens is 1. The number of rotatable bonds is 6. The standard InChI is InChI=1S/C25H31NO2/c1-18(2)10-8-11-19(3)12-9-16-25(5)17-15-21-20(4)26(27)23-14-7-6-13-22(23)24(21)28-25/h6-7,10,12-15,17H,8-9,11,16H2,1-5H3/b19-12+/t25-/m0/s1. The smallest absolute Gasteiger partial charge is 0.227 e. The molecule has 0 amide bonds. The lowest BCUT2D eigenvalue weighted by Crippen LogP contribution is -2.36. The average molecular weight is 378 g/mol. The molecule has 0 fully saturated rings. The van der Waals surface area contributed by atoms with Crippen molar-refractivity contribution in [3.05, 3.63) is 70.1 Å². The maximum absolute atomic E-state index is 12.6. The fourth-order valence-electron chi connectivity index (χ4n) is 3.71. The summed E-state index contributed by atoms with van der Waals surface area (Å²) < 4.78 is 7.49. The van der Waals surface area contributed by atoms with Crippen LogP contribution in [0.25, 0.3) is 17.0 Å². The molecule has 28 heavy (non-hydrogen) atoms. The Hall–Kier alpha value is -2.55. The summed E-state index contributed by atoms with van der Waals surface area (Å²) in [7, 11) is 0. The first kappa shape index (κ1) is 20.2. The summed E-state index contributed by atoms with van der Waals surface area (Å²) in [4.78, 5) is 0. The molecule has 0 bridgehead atoms. The van der Waals surface area contributed by atoms with Crippen molar-refractivity contribution in [2.24, 2.45) is 0 Å². The fraction of sp³-hybridized carbons (Fsp3) is 0.400. The van der Waals surface area contributed by atoms with Gasteiger partial charge in [0.15, 0.2) is 0 Å². The Morgan fingerprint density at radius 3 is 2.64 bits per heavy atom. The van der Waals surface area contributed by atoms with Crippen LogP contribution in [0.2, 0.25) is 0 Å². The van der Waals surface area contributed by atoms with E-state index in [1.165, 1.54) is 11.1 Å². The van der Waals surface area contributed by atoms with Gasteiger partial charge in [-0.1, -0.05) is 35.4 Å². The Bertz CT molecular complexity index is 964. The van der Waals surface area contributed by atoms with Crippen LogP contribution in [-0.4, -0.2) is 5.60 Å². The molecular formula is C25H31NO2. The highest BCUT2D eigenvalue weighted by Crippen LogP contribution is 2.39. The first-order valence-electron chi connectivity index (χ1n) is 10.1. The van der Waals surface area contributed by atoms with Crippen molar-refractivity contribution in [2.75, 3.05) is 0 Å². The second-order valence-corrected chi connectivity index (χ2v) is 8.30. The molecule has 0 aliphatic carbocycles. The monoisotopic (exact) mass is 377 g/mol. The first-order valence-corrected chi connectivity index (χ1v) is 10.1. The molecule has 1 aromatic carbocycles. The van der Waals surface area contributed by atoms with Gasteiger partial charge in [0.05, 0.1) is 10.9 Å². The zero-order valence-electron chi connectivity index (χ0n) is 17.7. The number of benzene rings is 1. The molecule has 1 atom stereocenters. The lowest BCUT2D eigenvalue weighted by molar-refractivity contribution is -0.584. The van der Waals surface area contributed by atoms with E-state index in [-0.39, 0.29) is 5.60 Å². The summed E-state index contributed by atoms with van der Waals surface area (Å²) in [5, 5.41) is 13.4. The third-order valence-electron chi connectivity index (χ3n) is 5.47. The van der Waals surface area contributed by atoms with Crippen LogP contribution in [0.3, 0.4) is 0 Å². The van der Waals surface area contributed by atoms with E-state index in [1.807, 2.05) is 31.2 Å². The van der Waals surface area contributed by atoms with Crippen molar-refractivity contribution in [1.82, 2.24) is 0 Å². The zero-order valence-corrected chi connectivity index (χ0v) is 17.7. The zero-order chi connectivity index (χ0) is 20.3. The number of hydrogen-bond donors (Lipinski definition) is 0. The number of para-hydroxylation sites is 1. The predicted octanol–water partition coefficient (Wildman–Crippen LogP) is 6.42. The quantitative estimate of drug-likeness (QED) is 0.331. The minimum Gasteiger partial charge on any atom is -0.618 e. The van der Waals surface area contributed by atoms with Crippen molar-refractivity contribution in [3.8, 4) is 5.75 Å². The van der Waals surface area contributed by atoms with Crippen LogP contribution in [0, 0.1) is 12.1 Å². The second-order valence-electron chi connectivity index (χ2n) is 8.30. The van der Waals surface area contributed by atoms with Crippen LogP contribution in [0.4, 0.5) is 0 Å². The third kappa shape index (κ3) is 4.30. The molecule has 1 aliphatic rings. The van der Waals surface area contributed by atoms with Crippen molar-refractivity contribution in [3.63, 3.8) is 0 Å². The first-order chi connectivity index (χ1) is 13.3. The normalized spacial score (nSPS) is 18.7.